The molecule has 0 bridgehead atoms. The van der Waals surface area contributed by atoms with Gasteiger partial charge in [-0.15, -0.1) is 27.8 Å². The van der Waals surface area contributed by atoms with Crippen LogP contribution in [0.2, 0.25) is 0 Å². The standard InChI is InChI=1S/C23H28N3.C20H22N3.C19H22N5.C17H16N3.C16H14N3.C14H10N3.6Ir/c1-15(2)18-11-20(16(3)4)23(21(12-18)17(5)6)19-9-7-8-10-22(19)26-14-24-13-25-26;1-14(2)16-9-7-10-17(15(3)4)20(16)18-8-5-6-11-19(18)23-13-21-12-22-23;1-13-7-6-8-14(2)16(13)17-15(9-20-11-21-17)18-22-12-23-24(18)10-19(3,4)5;1-12-8-13(2)17(14(3)9-12)15-6-4-5-7-16(15)20-11-18-10-19-20;1-12-6-5-7-13(2)16(12)14-8-3-4-9-15(14)19-11-17-10-18-19;1-2-6-12(7-3-1)13-8-4-5-9-14(13)17-11-15-10-16-17;;;;;;/h7-9,11-17H,1-6H3;5-10,12-15H,1-4H3;6-8,11-12H,10H2,1-5H3;4-6,8-11H,1-3H3;3-8,10-11H,1-2H3;1-8,10-11H;;;;;;/q6*-1;;;;;;. The van der Waals surface area contributed by atoms with Gasteiger partial charge < -0.3 is 9.97 Å². The zero-order valence-electron chi connectivity index (χ0n) is 79.5. The number of hydrogen-bond acceptors (Lipinski definition) is 14. The van der Waals surface area contributed by atoms with E-state index >= 15 is 0 Å². The molecule has 0 aliphatic rings. The first-order valence-corrected chi connectivity index (χ1v) is 43.7. The summed E-state index contributed by atoms with van der Waals surface area (Å²) < 4.78 is 10.7. The molecule has 18 rings (SSSR count). The van der Waals surface area contributed by atoms with Gasteiger partial charge in [0.2, 0.25) is 0 Å². The van der Waals surface area contributed by atoms with Gasteiger partial charge in [-0.3, -0.25) is 9.67 Å². The maximum atomic E-state index is 4.54. The van der Waals surface area contributed by atoms with E-state index in [0.29, 0.717) is 29.6 Å². The molecule has 0 spiro atoms. The molecule has 7 aromatic heterocycles. The molecule has 18 aromatic rings. The van der Waals surface area contributed by atoms with Crippen molar-refractivity contribution in [2.24, 2.45) is 5.41 Å². The van der Waals surface area contributed by atoms with Crippen molar-refractivity contribution in [2.75, 3.05) is 0 Å². The molecule has 26 heteroatoms. The van der Waals surface area contributed by atoms with Crippen LogP contribution in [0.5, 0.6) is 0 Å². The van der Waals surface area contributed by atoms with Crippen molar-refractivity contribution in [1.82, 2.24) is 98.6 Å². The maximum absolute atomic E-state index is 4.54. The second kappa shape index (κ2) is 52.5. The molecule has 0 unspecified atom stereocenters. The van der Waals surface area contributed by atoms with Gasteiger partial charge in [0.05, 0.1) is 5.82 Å². The summed E-state index contributed by atoms with van der Waals surface area (Å²) in [5.41, 5.74) is 35.0. The summed E-state index contributed by atoms with van der Waals surface area (Å²) in [6, 6.07) is 85.2. The Hall–Kier alpha value is -10.8. The average molecular weight is 2860 g/mol. The first-order chi connectivity index (χ1) is 62.2. The van der Waals surface area contributed by atoms with Crippen molar-refractivity contribution in [2.45, 2.75) is 175 Å². The zero-order valence-corrected chi connectivity index (χ0v) is 93.9. The van der Waals surface area contributed by atoms with Gasteiger partial charge in [-0.1, -0.05) is 272 Å². The fraction of sp³-hybridized carbons (Fsp3) is 0.248. The predicted octanol–water partition coefficient (Wildman–Crippen LogP) is 24.7. The third kappa shape index (κ3) is 27.8. The minimum atomic E-state index is 0. The number of benzene rings is 11. The summed E-state index contributed by atoms with van der Waals surface area (Å²) in [4.78, 5) is 33.3. The van der Waals surface area contributed by atoms with E-state index in [2.05, 4.69) is 373 Å². The monoisotopic (exact) mass is 2860 g/mol. The van der Waals surface area contributed by atoms with Crippen molar-refractivity contribution in [3.05, 3.63) is 379 Å². The molecule has 0 N–H and O–H groups in total. The van der Waals surface area contributed by atoms with E-state index in [-0.39, 0.29) is 126 Å². The predicted molar refractivity (Wildman–Crippen MR) is 517 cm³/mol. The molecule has 7 heterocycles. The van der Waals surface area contributed by atoms with Crippen molar-refractivity contribution in [3.8, 4) is 107 Å². The molecule has 20 nitrogen and oxygen atoms in total. The Kier molecular flexibility index (Phi) is 43.3. The Morgan fingerprint density at radius 1 is 0.304 bits per heavy atom. The van der Waals surface area contributed by atoms with E-state index in [1.54, 1.807) is 80.4 Å². The molecule has 0 atom stereocenters. The quantitative estimate of drug-likeness (QED) is 0.0732. The average Bonchev–Trinajstić information content (AvgIpc) is 1.69. The van der Waals surface area contributed by atoms with Crippen molar-refractivity contribution in [3.63, 3.8) is 0 Å². The van der Waals surface area contributed by atoms with Crippen LogP contribution in [0.4, 0.5) is 0 Å². The molecule has 708 valence electrons. The van der Waals surface area contributed by atoms with Gasteiger partial charge in [0, 0.05) is 134 Å². The second-order valence-corrected chi connectivity index (χ2v) is 34.7. The van der Waals surface area contributed by atoms with Crippen LogP contribution in [0, 0.1) is 90.4 Å². The van der Waals surface area contributed by atoms with Gasteiger partial charge in [0.25, 0.3) is 0 Å². The van der Waals surface area contributed by atoms with Crippen LogP contribution in [0.1, 0.15) is 186 Å². The molecule has 0 saturated heterocycles. The summed E-state index contributed by atoms with van der Waals surface area (Å²) >= 11 is 0. The Labute approximate surface area is 877 Å². The van der Waals surface area contributed by atoms with Crippen molar-refractivity contribution < 1.29 is 121 Å². The summed E-state index contributed by atoms with van der Waals surface area (Å²) in [5, 5.41) is 25.6. The van der Waals surface area contributed by atoms with Gasteiger partial charge in [-0.05, 0) is 157 Å². The van der Waals surface area contributed by atoms with Crippen LogP contribution >= 0.6 is 0 Å². The van der Waals surface area contributed by atoms with Crippen LogP contribution < -0.4 is 0 Å². The Balaban J connectivity index is 0.000000220. The maximum Gasteiger partial charge on any atom is 0.138 e. The smallest absolute Gasteiger partial charge is 0.138 e. The first-order valence-electron chi connectivity index (χ1n) is 43.7. The van der Waals surface area contributed by atoms with Crippen molar-refractivity contribution in [1.29, 1.82) is 0 Å². The minimum absolute atomic E-state index is 0. The molecular formula is C109H112Ir6N20-6. The van der Waals surface area contributed by atoms with E-state index in [1.807, 2.05) is 77.5 Å². The topological polar surface area (TPSA) is 210 Å². The summed E-state index contributed by atoms with van der Waals surface area (Å²) in [5.74, 6) is 3.04. The number of nitrogens with zero attached hydrogens (tertiary/aromatic N) is 20. The molecule has 0 aliphatic heterocycles. The van der Waals surface area contributed by atoms with Crippen LogP contribution in [0.25, 0.3) is 107 Å². The van der Waals surface area contributed by atoms with Crippen LogP contribution in [0.15, 0.2) is 276 Å². The SMILES string of the molecule is CC(C)c1cc(C(C)C)c(-c2ccc[c-]c2-n2cncn2)c(C(C)C)c1.CC(C)c1cccc(C(C)C)c1-c1ccc[c-]c1-n1cncn1.Cc1cc(C)c(-c2ccc[c-]c2-n2cncn2)c(C)c1.Cc1cccc(C)c1-c1ccc[c-]c1-n1cncn1.Cc1cccc(C)c1-c1ncn[c-]c1-c1ncnn1CC(C)(C)C.[Ir].[Ir].[Ir].[Ir].[Ir].[Ir].[c-]1cccc(-c2ccccc2)c1-n1cncn1. The number of para-hydroxylation sites is 5. The number of hydrogen-bond donors (Lipinski definition) is 0. The van der Waals surface area contributed by atoms with Gasteiger partial charge in [-0.25, -0.2) is 48.3 Å². The van der Waals surface area contributed by atoms with Gasteiger partial charge >= 0.3 is 0 Å². The van der Waals surface area contributed by atoms with Gasteiger partial charge in [-0.2, -0.15) is 152 Å². The molecule has 0 saturated carbocycles. The van der Waals surface area contributed by atoms with Crippen LogP contribution in [-0.2, 0) is 127 Å². The Morgan fingerprint density at radius 2 is 0.637 bits per heavy atom. The molecule has 0 amide bonds. The third-order valence-corrected chi connectivity index (χ3v) is 22.1. The van der Waals surface area contributed by atoms with E-state index in [0.717, 1.165) is 85.4 Å². The summed E-state index contributed by atoms with van der Waals surface area (Å²) in [6.45, 7) is 44.7. The number of aromatic nitrogens is 20. The Bertz CT molecular complexity index is 6550. The molecular weight excluding hydrogens is 2740 g/mol. The van der Waals surface area contributed by atoms with E-state index in [4.69, 9.17) is 0 Å². The fourth-order valence-electron chi connectivity index (χ4n) is 16.2. The fourth-order valence-corrected chi connectivity index (χ4v) is 16.2. The molecule has 135 heavy (non-hydrogen) atoms. The Morgan fingerprint density at radius 3 is 0.985 bits per heavy atom. The van der Waals surface area contributed by atoms with E-state index in [9.17, 15) is 0 Å². The number of rotatable bonds is 18. The molecule has 0 aliphatic carbocycles. The van der Waals surface area contributed by atoms with Gasteiger partial charge in [0.15, 0.2) is 0 Å². The minimum Gasteiger partial charge on any atom is -0.341 e. The summed E-state index contributed by atoms with van der Waals surface area (Å²) in [7, 11) is 0. The summed E-state index contributed by atoms with van der Waals surface area (Å²) in [6.07, 6.45) is 22.5. The third-order valence-electron chi connectivity index (χ3n) is 22.1. The van der Waals surface area contributed by atoms with Crippen molar-refractivity contribution >= 4 is 0 Å². The van der Waals surface area contributed by atoms with Gasteiger partial charge in [0.1, 0.15) is 69.6 Å². The number of aryl methyl sites for hydroxylation is 7. The largest absolute Gasteiger partial charge is 0.341 e. The van der Waals surface area contributed by atoms with Crippen LogP contribution in [0.3, 0.4) is 0 Å². The zero-order chi connectivity index (χ0) is 91.4. The normalized spacial score (nSPS) is 10.7. The van der Waals surface area contributed by atoms with Crippen LogP contribution in [-0.4, -0.2) is 98.6 Å². The molecule has 0 fully saturated rings. The first kappa shape index (κ1) is 111. The van der Waals surface area contributed by atoms with E-state index in [1.165, 1.54) is 114 Å². The molecule has 6 radical (unpaired) electrons. The van der Waals surface area contributed by atoms with E-state index < -0.39 is 0 Å². The molecule has 11 aromatic carbocycles. The second-order valence-electron chi connectivity index (χ2n) is 34.7.